The van der Waals surface area contributed by atoms with Gasteiger partial charge in [-0.3, -0.25) is 4.79 Å². The number of thioether (sulfide) groups is 1. The first-order valence-electron chi connectivity index (χ1n) is 4.25. The summed E-state index contributed by atoms with van der Waals surface area (Å²) in [5, 5.41) is 0. The van der Waals surface area contributed by atoms with Gasteiger partial charge in [-0.15, -0.1) is 11.8 Å². The zero-order valence-electron chi connectivity index (χ0n) is 7.92. The molecule has 0 bridgehead atoms. The average molecular weight is 274 g/mol. The fourth-order valence-corrected chi connectivity index (χ4v) is 2.25. The van der Waals surface area contributed by atoms with E-state index in [2.05, 4.69) is 15.9 Å². The molecule has 0 aliphatic carbocycles. The first kappa shape index (κ1) is 11.8. The van der Waals surface area contributed by atoms with Gasteiger partial charge >= 0.3 is 0 Å². The van der Waals surface area contributed by atoms with Crippen LogP contribution in [-0.2, 0) is 0 Å². The van der Waals surface area contributed by atoms with Crippen molar-refractivity contribution in [1.82, 2.24) is 0 Å². The Balaban J connectivity index is 2.96. The van der Waals surface area contributed by atoms with Gasteiger partial charge < -0.3 is 5.73 Å². The summed E-state index contributed by atoms with van der Waals surface area (Å²) in [6.07, 6.45) is 2.39. The Labute approximate surface area is 96.4 Å². The van der Waals surface area contributed by atoms with E-state index in [1.54, 1.807) is 11.8 Å². The molecule has 0 aromatic heterocycles. The molecule has 1 rings (SSSR count). The van der Waals surface area contributed by atoms with E-state index in [0.717, 1.165) is 14.9 Å². The number of halogens is 1. The van der Waals surface area contributed by atoms with Gasteiger partial charge in [0.25, 0.3) is 0 Å². The minimum absolute atomic E-state index is 0.101. The predicted octanol–water partition coefficient (Wildman–Crippen LogP) is 2.70. The molecule has 1 aromatic rings. The van der Waals surface area contributed by atoms with Gasteiger partial charge in [0, 0.05) is 21.4 Å². The Morgan fingerprint density at radius 2 is 2.21 bits per heavy atom. The summed E-state index contributed by atoms with van der Waals surface area (Å²) in [6, 6.07) is 5.72. The Morgan fingerprint density at radius 1 is 1.50 bits per heavy atom. The third-order valence-corrected chi connectivity index (χ3v) is 2.97. The lowest BCUT2D eigenvalue weighted by Gasteiger charge is -2.03. The van der Waals surface area contributed by atoms with Crippen LogP contribution in [0.5, 0.6) is 0 Å². The number of Topliss-reactive ketones (excluding diaryl/α,β-unsaturated/α-hetero) is 1. The van der Waals surface area contributed by atoms with E-state index in [1.165, 1.54) is 0 Å². The van der Waals surface area contributed by atoms with E-state index in [0.29, 0.717) is 13.0 Å². The molecule has 0 saturated heterocycles. The Kier molecular flexibility index (Phi) is 4.65. The van der Waals surface area contributed by atoms with Crippen molar-refractivity contribution in [3.8, 4) is 0 Å². The molecule has 0 heterocycles. The Hall–Kier alpha value is -0.320. The lowest BCUT2D eigenvalue weighted by atomic mass is 10.1. The average Bonchev–Trinajstić information content (AvgIpc) is 2.17. The molecule has 0 amide bonds. The summed E-state index contributed by atoms with van der Waals surface area (Å²) in [7, 11) is 0. The third-order valence-electron chi connectivity index (χ3n) is 1.80. The van der Waals surface area contributed by atoms with Gasteiger partial charge in [0.15, 0.2) is 5.78 Å². The first-order chi connectivity index (χ1) is 6.67. The van der Waals surface area contributed by atoms with Crippen LogP contribution < -0.4 is 5.73 Å². The molecule has 0 fully saturated rings. The number of benzene rings is 1. The highest BCUT2D eigenvalue weighted by Gasteiger charge is 2.06. The largest absolute Gasteiger partial charge is 0.330 e. The molecule has 76 valence electrons. The molecule has 0 atom stereocenters. The molecular weight excluding hydrogens is 262 g/mol. The van der Waals surface area contributed by atoms with Crippen LogP contribution in [0.1, 0.15) is 16.8 Å². The van der Waals surface area contributed by atoms with Crippen LogP contribution in [0, 0.1) is 0 Å². The van der Waals surface area contributed by atoms with Crippen LogP contribution >= 0.6 is 27.7 Å². The molecule has 2 nitrogen and oxygen atoms in total. The van der Waals surface area contributed by atoms with E-state index in [9.17, 15) is 4.79 Å². The van der Waals surface area contributed by atoms with Gasteiger partial charge in [-0.05, 0) is 31.0 Å². The quantitative estimate of drug-likeness (QED) is 0.678. The molecule has 14 heavy (non-hydrogen) atoms. The maximum atomic E-state index is 11.6. The molecule has 4 heteroatoms. The minimum atomic E-state index is 0.101. The van der Waals surface area contributed by atoms with Crippen molar-refractivity contribution in [3.05, 3.63) is 28.2 Å². The van der Waals surface area contributed by atoms with E-state index >= 15 is 0 Å². The van der Waals surface area contributed by atoms with Crippen molar-refractivity contribution >= 4 is 33.5 Å². The summed E-state index contributed by atoms with van der Waals surface area (Å²) < 4.78 is 0.935. The molecule has 0 saturated carbocycles. The molecule has 0 radical (unpaired) electrons. The first-order valence-corrected chi connectivity index (χ1v) is 6.27. The number of nitrogens with two attached hydrogens (primary N) is 1. The summed E-state index contributed by atoms with van der Waals surface area (Å²) in [6.45, 7) is 0.403. The maximum Gasteiger partial charge on any atom is 0.164 e. The highest BCUT2D eigenvalue weighted by atomic mass is 79.9. The van der Waals surface area contributed by atoms with Crippen LogP contribution in [0.2, 0.25) is 0 Å². The normalized spacial score (nSPS) is 10.2. The SMILES string of the molecule is CSc1cc(Br)cc(C(=O)CCN)c1. The topological polar surface area (TPSA) is 43.1 Å². The summed E-state index contributed by atoms with van der Waals surface area (Å²) in [5.41, 5.74) is 6.07. The molecule has 1 aromatic carbocycles. The number of ketones is 1. The second-order valence-electron chi connectivity index (χ2n) is 2.84. The van der Waals surface area contributed by atoms with Crippen molar-refractivity contribution in [3.63, 3.8) is 0 Å². The lowest BCUT2D eigenvalue weighted by molar-refractivity contribution is 0.0985. The van der Waals surface area contributed by atoms with Gasteiger partial charge in [-0.1, -0.05) is 15.9 Å². The standard InChI is InChI=1S/C10H12BrNOS/c1-14-9-5-7(4-8(11)6-9)10(13)2-3-12/h4-6H,2-3,12H2,1H3. The monoisotopic (exact) mass is 273 g/mol. The van der Waals surface area contributed by atoms with Gasteiger partial charge in [0.1, 0.15) is 0 Å². The van der Waals surface area contributed by atoms with Crippen molar-refractivity contribution in [2.24, 2.45) is 5.73 Å². The number of hydrogen-bond acceptors (Lipinski definition) is 3. The smallest absolute Gasteiger partial charge is 0.164 e. The van der Waals surface area contributed by atoms with Gasteiger partial charge in [0.2, 0.25) is 0 Å². The van der Waals surface area contributed by atoms with Crippen LogP contribution in [0.25, 0.3) is 0 Å². The highest BCUT2D eigenvalue weighted by Crippen LogP contribution is 2.23. The summed E-state index contributed by atoms with van der Waals surface area (Å²) in [4.78, 5) is 12.6. The van der Waals surface area contributed by atoms with Crippen LogP contribution in [0.3, 0.4) is 0 Å². The zero-order chi connectivity index (χ0) is 10.6. The molecular formula is C10H12BrNOS. The van der Waals surface area contributed by atoms with Gasteiger partial charge in [-0.2, -0.15) is 0 Å². The van der Waals surface area contributed by atoms with E-state index in [-0.39, 0.29) is 5.78 Å². The number of rotatable bonds is 4. The van der Waals surface area contributed by atoms with E-state index in [1.807, 2.05) is 24.5 Å². The third kappa shape index (κ3) is 3.12. The minimum Gasteiger partial charge on any atom is -0.330 e. The van der Waals surface area contributed by atoms with Crippen molar-refractivity contribution < 1.29 is 4.79 Å². The molecule has 0 unspecified atom stereocenters. The predicted molar refractivity (Wildman–Crippen MR) is 63.9 cm³/mol. The van der Waals surface area contributed by atoms with Crippen LogP contribution in [0.4, 0.5) is 0 Å². The zero-order valence-corrected chi connectivity index (χ0v) is 10.3. The van der Waals surface area contributed by atoms with Gasteiger partial charge in [-0.25, -0.2) is 0 Å². The number of carbonyl (C=O) groups excluding carboxylic acids is 1. The fourth-order valence-electron chi connectivity index (χ4n) is 1.12. The van der Waals surface area contributed by atoms with Crippen LogP contribution in [0.15, 0.2) is 27.6 Å². The van der Waals surface area contributed by atoms with Crippen molar-refractivity contribution in [2.45, 2.75) is 11.3 Å². The number of carbonyl (C=O) groups is 1. The molecule has 0 spiro atoms. The second-order valence-corrected chi connectivity index (χ2v) is 4.64. The van der Waals surface area contributed by atoms with Crippen molar-refractivity contribution in [1.29, 1.82) is 0 Å². The second kappa shape index (κ2) is 5.53. The Bertz CT molecular complexity index is 341. The maximum absolute atomic E-state index is 11.6. The highest BCUT2D eigenvalue weighted by molar-refractivity contribution is 9.10. The summed E-state index contributed by atoms with van der Waals surface area (Å²) >= 11 is 5.00. The fraction of sp³-hybridized carbons (Fsp3) is 0.300. The lowest BCUT2D eigenvalue weighted by Crippen LogP contribution is -2.08. The van der Waals surface area contributed by atoms with Gasteiger partial charge in [0.05, 0.1) is 0 Å². The van der Waals surface area contributed by atoms with E-state index in [4.69, 9.17) is 5.73 Å². The Morgan fingerprint density at radius 3 is 2.79 bits per heavy atom. The number of hydrogen-bond donors (Lipinski definition) is 1. The van der Waals surface area contributed by atoms with E-state index < -0.39 is 0 Å². The molecule has 0 aliphatic heterocycles. The molecule has 2 N–H and O–H groups in total. The van der Waals surface area contributed by atoms with Crippen molar-refractivity contribution in [2.75, 3.05) is 12.8 Å². The summed E-state index contributed by atoms with van der Waals surface area (Å²) in [5.74, 6) is 0.101. The molecule has 0 aliphatic rings. The van der Waals surface area contributed by atoms with Crippen LogP contribution in [-0.4, -0.2) is 18.6 Å².